The van der Waals surface area contributed by atoms with E-state index in [4.69, 9.17) is 22.3 Å². The van der Waals surface area contributed by atoms with Gasteiger partial charge in [0.25, 0.3) is 0 Å². The summed E-state index contributed by atoms with van der Waals surface area (Å²) in [5.41, 5.74) is 9.00. The molecule has 0 atom stereocenters. The first-order chi connectivity index (χ1) is 9.67. The maximum atomic E-state index is 6.04. The number of nitrogen functional groups attached to an aromatic ring is 1. The maximum absolute atomic E-state index is 6.04. The molecule has 1 heterocycles. The molecule has 0 saturated heterocycles. The van der Waals surface area contributed by atoms with Gasteiger partial charge in [-0.05, 0) is 48.7 Å². The zero-order valence-corrected chi connectivity index (χ0v) is 12.3. The van der Waals surface area contributed by atoms with Crippen molar-refractivity contribution in [2.45, 2.75) is 18.3 Å². The standard InChI is InChI=1S/C16H13ClN2S/c17-11-3-6-14-13(9-11)19-15(20-14)16(7-8-16)10-1-4-12(18)5-2-10/h1-6,9H,7-8,18H2. The molecule has 2 aromatic carbocycles. The first kappa shape index (κ1) is 12.2. The van der Waals surface area contributed by atoms with Crippen LogP contribution in [0.1, 0.15) is 23.4 Å². The van der Waals surface area contributed by atoms with Gasteiger partial charge in [-0.3, -0.25) is 0 Å². The van der Waals surface area contributed by atoms with Gasteiger partial charge < -0.3 is 5.73 Å². The second-order valence-corrected chi connectivity index (χ2v) is 6.80. The number of nitrogens with zero attached hydrogens (tertiary/aromatic N) is 1. The van der Waals surface area contributed by atoms with E-state index in [0.29, 0.717) is 0 Å². The Morgan fingerprint density at radius 1 is 1.10 bits per heavy atom. The lowest BCUT2D eigenvalue weighted by Crippen LogP contribution is -2.07. The molecule has 0 amide bonds. The number of anilines is 1. The van der Waals surface area contributed by atoms with Crippen LogP contribution in [0.2, 0.25) is 5.02 Å². The van der Waals surface area contributed by atoms with E-state index in [1.807, 2.05) is 24.3 Å². The molecule has 4 rings (SSSR count). The Morgan fingerprint density at radius 3 is 2.55 bits per heavy atom. The molecule has 3 aromatic rings. The molecule has 2 nitrogen and oxygen atoms in total. The third kappa shape index (κ3) is 1.81. The molecule has 4 heteroatoms. The Hall–Kier alpha value is -1.58. The third-order valence-electron chi connectivity index (χ3n) is 3.97. The molecule has 1 saturated carbocycles. The van der Waals surface area contributed by atoms with Crippen molar-refractivity contribution >= 4 is 38.8 Å². The lowest BCUT2D eigenvalue weighted by atomic mass is 9.96. The largest absolute Gasteiger partial charge is 0.399 e. The van der Waals surface area contributed by atoms with Gasteiger partial charge in [0.15, 0.2) is 0 Å². The summed E-state index contributed by atoms with van der Waals surface area (Å²) >= 11 is 7.82. The summed E-state index contributed by atoms with van der Waals surface area (Å²) in [4.78, 5) is 4.81. The fourth-order valence-electron chi connectivity index (χ4n) is 2.66. The third-order valence-corrected chi connectivity index (χ3v) is 5.45. The summed E-state index contributed by atoms with van der Waals surface area (Å²) in [5.74, 6) is 0. The lowest BCUT2D eigenvalue weighted by molar-refractivity contribution is 0.838. The number of nitrogens with two attached hydrogens (primary N) is 1. The Morgan fingerprint density at radius 2 is 1.85 bits per heavy atom. The molecule has 0 spiro atoms. The molecule has 1 aromatic heterocycles. The van der Waals surface area contributed by atoms with Gasteiger partial charge in [-0.25, -0.2) is 4.98 Å². The molecule has 1 fully saturated rings. The highest BCUT2D eigenvalue weighted by Crippen LogP contribution is 2.55. The lowest BCUT2D eigenvalue weighted by Gasteiger charge is -2.12. The highest BCUT2D eigenvalue weighted by Gasteiger charge is 2.48. The van der Waals surface area contributed by atoms with Gasteiger partial charge >= 0.3 is 0 Å². The molecular weight excluding hydrogens is 288 g/mol. The molecule has 0 radical (unpaired) electrons. The van der Waals surface area contributed by atoms with E-state index in [1.165, 1.54) is 15.3 Å². The van der Waals surface area contributed by atoms with Crippen LogP contribution >= 0.6 is 22.9 Å². The van der Waals surface area contributed by atoms with Crippen LogP contribution in [0.5, 0.6) is 0 Å². The minimum Gasteiger partial charge on any atom is -0.399 e. The van der Waals surface area contributed by atoms with Crippen LogP contribution in [0.3, 0.4) is 0 Å². The molecule has 0 bridgehead atoms. The van der Waals surface area contributed by atoms with Crippen LogP contribution in [0.4, 0.5) is 5.69 Å². The van der Waals surface area contributed by atoms with Gasteiger partial charge in [0.1, 0.15) is 5.01 Å². The minimum absolute atomic E-state index is 0.101. The zero-order chi connectivity index (χ0) is 13.7. The maximum Gasteiger partial charge on any atom is 0.104 e. The number of aromatic nitrogens is 1. The first-order valence-electron chi connectivity index (χ1n) is 6.60. The molecule has 0 unspecified atom stereocenters. The van der Waals surface area contributed by atoms with Gasteiger partial charge in [-0.1, -0.05) is 23.7 Å². The Bertz CT molecular complexity index is 788. The predicted octanol–water partition coefficient (Wildman–Crippen LogP) is 4.61. The fourth-order valence-corrected chi connectivity index (χ4v) is 4.04. The average molecular weight is 301 g/mol. The van der Waals surface area contributed by atoms with Crippen LogP contribution in [-0.2, 0) is 5.41 Å². The summed E-state index contributed by atoms with van der Waals surface area (Å²) < 4.78 is 1.20. The Kier molecular flexibility index (Phi) is 2.56. The first-order valence-corrected chi connectivity index (χ1v) is 7.79. The van der Waals surface area contributed by atoms with E-state index in [2.05, 4.69) is 18.2 Å². The van der Waals surface area contributed by atoms with Crippen molar-refractivity contribution in [3.63, 3.8) is 0 Å². The van der Waals surface area contributed by atoms with Gasteiger partial charge in [0, 0.05) is 16.1 Å². The van der Waals surface area contributed by atoms with Crippen molar-refractivity contribution in [1.82, 2.24) is 4.98 Å². The van der Waals surface area contributed by atoms with Crippen molar-refractivity contribution in [2.24, 2.45) is 0 Å². The van der Waals surface area contributed by atoms with Crippen LogP contribution in [0.15, 0.2) is 42.5 Å². The Labute approximate surface area is 126 Å². The van der Waals surface area contributed by atoms with Gasteiger partial charge in [0.05, 0.1) is 10.2 Å². The predicted molar refractivity (Wildman–Crippen MR) is 85.5 cm³/mol. The Balaban J connectivity index is 1.83. The van der Waals surface area contributed by atoms with Gasteiger partial charge in [-0.15, -0.1) is 11.3 Å². The van der Waals surface area contributed by atoms with Gasteiger partial charge in [0.2, 0.25) is 0 Å². The summed E-state index contributed by atoms with van der Waals surface area (Å²) in [7, 11) is 0. The monoisotopic (exact) mass is 300 g/mol. The van der Waals surface area contributed by atoms with E-state index in [-0.39, 0.29) is 5.41 Å². The summed E-state index contributed by atoms with van der Waals surface area (Å²) in [6.45, 7) is 0. The second kappa shape index (κ2) is 4.21. The van der Waals surface area contributed by atoms with Crippen LogP contribution < -0.4 is 5.73 Å². The highest BCUT2D eigenvalue weighted by atomic mass is 35.5. The molecule has 100 valence electrons. The zero-order valence-electron chi connectivity index (χ0n) is 10.8. The molecule has 20 heavy (non-hydrogen) atoms. The molecular formula is C16H13ClN2S. The van der Waals surface area contributed by atoms with E-state index in [1.54, 1.807) is 11.3 Å². The number of halogens is 1. The minimum atomic E-state index is 0.101. The summed E-state index contributed by atoms with van der Waals surface area (Å²) in [5, 5.41) is 1.94. The SMILES string of the molecule is Nc1ccc(C2(c3nc4cc(Cl)ccc4s3)CC2)cc1. The van der Waals surface area contributed by atoms with E-state index >= 15 is 0 Å². The van der Waals surface area contributed by atoms with Crippen molar-refractivity contribution in [2.75, 3.05) is 5.73 Å². The number of thiazole rings is 1. The van der Waals surface area contributed by atoms with Gasteiger partial charge in [-0.2, -0.15) is 0 Å². The smallest absolute Gasteiger partial charge is 0.104 e. The van der Waals surface area contributed by atoms with Crippen molar-refractivity contribution in [3.05, 3.63) is 58.1 Å². The van der Waals surface area contributed by atoms with Crippen LogP contribution in [0, 0.1) is 0 Å². The average Bonchev–Trinajstić information content (AvgIpc) is 3.14. The quantitative estimate of drug-likeness (QED) is 0.702. The van der Waals surface area contributed by atoms with E-state index in [9.17, 15) is 0 Å². The summed E-state index contributed by atoms with van der Waals surface area (Å²) in [6, 6.07) is 14.1. The molecule has 1 aliphatic carbocycles. The number of benzene rings is 2. The van der Waals surface area contributed by atoms with E-state index in [0.717, 1.165) is 29.1 Å². The highest BCUT2D eigenvalue weighted by molar-refractivity contribution is 7.18. The van der Waals surface area contributed by atoms with Crippen molar-refractivity contribution < 1.29 is 0 Å². The normalized spacial score (nSPS) is 16.4. The number of fused-ring (bicyclic) bond motifs is 1. The number of hydrogen-bond donors (Lipinski definition) is 1. The number of hydrogen-bond acceptors (Lipinski definition) is 3. The molecule has 0 aliphatic heterocycles. The molecule has 2 N–H and O–H groups in total. The summed E-state index contributed by atoms with van der Waals surface area (Å²) in [6.07, 6.45) is 2.31. The topological polar surface area (TPSA) is 38.9 Å². The van der Waals surface area contributed by atoms with E-state index < -0.39 is 0 Å². The molecule has 1 aliphatic rings. The fraction of sp³-hybridized carbons (Fsp3) is 0.188. The van der Waals surface area contributed by atoms with Crippen molar-refractivity contribution in [3.8, 4) is 0 Å². The van der Waals surface area contributed by atoms with Crippen LogP contribution in [0.25, 0.3) is 10.2 Å². The second-order valence-electron chi connectivity index (χ2n) is 5.34. The van der Waals surface area contributed by atoms with Crippen molar-refractivity contribution in [1.29, 1.82) is 0 Å². The number of rotatable bonds is 2. The van der Waals surface area contributed by atoms with Crippen LogP contribution in [-0.4, -0.2) is 4.98 Å².